The van der Waals surface area contributed by atoms with Gasteiger partial charge in [-0.15, -0.1) is 13.2 Å². The Hall–Kier alpha value is -1.34. The molecule has 4 nitrogen and oxygen atoms in total. The van der Waals surface area contributed by atoms with E-state index in [2.05, 4.69) is 9.72 Å². The van der Waals surface area contributed by atoms with Crippen molar-refractivity contribution in [3.05, 3.63) is 22.9 Å². The molecule has 0 aliphatic carbocycles. The predicted octanol–water partition coefficient (Wildman–Crippen LogP) is 1.24. The van der Waals surface area contributed by atoms with Gasteiger partial charge in [0.1, 0.15) is 0 Å². The molecule has 1 heterocycles. The molecule has 0 aromatic carbocycles. The van der Waals surface area contributed by atoms with E-state index < -0.39 is 18.8 Å². The van der Waals surface area contributed by atoms with Crippen molar-refractivity contribution in [2.24, 2.45) is 5.73 Å². The smallest absolute Gasteiger partial charge is 0.390 e. The zero-order valence-electron chi connectivity index (χ0n) is 8.51. The van der Waals surface area contributed by atoms with Crippen molar-refractivity contribution in [3.8, 4) is 5.88 Å². The van der Waals surface area contributed by atoms with E-state index in [1.807, 2.05) is 0 Å². The fraction of sp³-hybridized carbons (Fsp3) is 0.444. The summed E-state index contributed by atoms with van der Waals surface area (Å²) in [6, 6.07) is 1.42. The number of pyridine rings is 1. The van der Waals surface area contributed by atoms with Gasteiger partial charge in [0.05, 0.1) is 12.3 Å². The van der Waals surface area contributed by atoms with Crippen molar-refractivity contribution in [1.82, 2.24) is 4.98 Å². The first-order chi connectivity index (χ1) is 7.37. The van der Waals surface area contributed by atoms with Gasteiger partial charge in [0, 0.05) is 12.1 Å². The van der Waals surface area contributed by atoms with Crippen molar-refractivity contribution in [1.29, 1.82) is 0 Å². The van der Waals surface area contributed by atoms with Gasteiger partial charge in [-0.1, -0.05) is 0 Å². The average Bonchev–Trinajstić information content (AvgIpc) is 2.18. The van der Waals surface area contributed by atoms with Gasteiger partial charge in [-0.3, -0.25) is 0 Å². The number of aliphatic hydroxyl groups is 1. The van der Waals surface area contributed by atoms with E-state index >= 15 is 0 Å². The van der Waals surface area contributed by atoms with E-state index in [1.165, 1.54) is 6.07 Å². The molecule has 0 amide bonds. The lowest BCUT2D eigenvalue weighted by Gasteiger charge is -2.13. The maximum absolute atomic E-state index is 12.0. The Labute approximate surface area is 89.9 Å². The van der Waals surface area contributed by atoms with E-state index in [0.29, 0.717) is 5.56 Å². The SMILES string of the molecule is Cc1cc(CN)c(OC(F)(F)F)nc1CO. The van der Waals surface area contributed by atoms with Crippen LogP contribution in [0.15, 0.2) is 6.07 Å². The van der Waals surface area contributed by atoms with Gasteiger partial charge < -0.3 is 15.6 Å². The molecule has 0 aliphatic rings. The van der Waals surface area contributed by atoms with Gasteiger partial charge in [-0.2, -0.15) is 0 Å². The summed E-state index contributed by atoms with van der Waals surface area (Å²) >= 11 is 0. The molecule has 3 N–H and O–H groups in total. The molecule has 0 bridgehead atoms. The number of alkyl halides is 3. The molecule has 0 atom stereocenters. The molecule has 0 saturated carbocycles. The fourth-order valence-electron chi connectivity index (χ4n) is 1.19. The number of nitrogens with two attached hydrogens (primary N) is 1. The summed E-state index contributed by atoms with van der Waals surface area (Å²) in [7, 11) is 0. The number of hydrogen-bond donors (Lipinski definition) is 2. The van der Waals surface area contributed by atoms with E-state index in [0.717, 1.165) is 0 Å². The van der Waals surface area contributed by atoms with E-state index in [4.69, 9.17) is 10.8 Å². The first-order valence-electron chi connectivity index (χ1n) is 4.43. The zero-order valence-corrected chi connectivity index (χ0v) is 8.51. The third-order valence-electron chi connectivity index (χ3n) is 1.94. The molecule has 7 heteroatoms. The Bertz CT molecular complexity index is 380. The second-order valence-electron chi connectivity index (χ2n) is 3.13. The molecule has 0 fully saturated rings. The summed E-state index contributed by atoms with van der Waals surface area (Å²) < 4.78 is 39.8. The van der Waals surface area contributed by atoms with Crippen LogP contribution in [0.25, 0.3) is 0 Å². The van der Waals surface area contributed by atoms with Gasteiger partial charge in [0.25, 0.3) is 0 Å². The highest BCUT2D eigenvalue weighted by atomic mass is 19.4. The summed E-state index contributed by atoms with van der Waals surface area (Å²) in [5.74, 6) is -0.607. The highest BCUT2D eigenvalue weighted by Crippen LogP contribution is 2.26. The van der Waals surface area contributed by atoms with Crippen LogP contribution >= 0.6 is 0 Å². The van der Waals surface area contributed by atoms with E-state index in [9.17, 15) is 13.2 Å². The van der Waals surface area contributed by atoms with Crippen LogP contribution in [0.5, 0.6) is 5.88 Å². The zero-order chi connectivity index (χ0) is 12.3. The number of rotatable bonds is 3. The summed E-state index contributed by atoms with van der Waals surface area (Å²) in [4.78, 5) is 3.57. The van der Waals surface area contributed by atoms with Crippen LogP contribution in [-0.2, 0) is 13.2 Å². The number of aromatic nitrogens is 1. The highest BCUT2D eigenvalue weighted by Gasteiger charge is 2.33. The Kier molecular flexibility index (Phi) is 3.71. The third kappa shape index (κ3) is 3.07. The molecule has 0 saturated heterocycles. The molecular formula is C9H11F3N2O2. The lowest BCUT2D eigenvalue weighted by molar-refractivity contribution is -0.276. The first kappa shape index (κ1) is 12.7. The van der Waals surface area contributed by atoms with Crippen LogP contribution < -0.4 is 10.5 Å². The van der Waals surface area contributed by atoms with Gasteiger partial charge in [0.15, 0.2) is 0 Å². The van der Waals surface area contributed by atoms with Crippen molar-refractivity contribution in [3.63, 3.8) is 0 Å². The highest BCUT2D eigenvalue weighted by molar-refractivity contribution is 5.33. The number of aliphatic hydroxyl groups excluding tert-OH is 1. The maximum atomic E-state index is 12.0. The van der Waals surface area contributed by atoms with E-state index in [1.54, 1.807) is 6.92 Å². The molecule has 0 unspecified atom stereocenters. The lowest BCUT2D eigenvalue weighted by Crippen LogP contribution is -2.20. The molecular weight excluding hydrogens is 225 g/mol. The van der Waals surface area contributed by atoms with Gasteiger partial charge in [-0.05, 0) is 18.6 Å². The number of hydrogen-bond acceptors (Lipinski definition) is 4. The van der Waals surface area contributed by atoms with Gasteiger partial charge in [0.2, 0.25) is 5.88 Å². The van der Waals surface area contributed by atoms with Gasteiger partial charge in [-0.25, -0.2) is 4.98 Å². The number of nitrogens with zero attached hydrogens (tertiary/aromatic N) is 1. The Morgan fingerprint density at radius 1 is 1.50 bits per heavy atom. The molecule has 0 radical (unpaired) electrons. The van der Waals surface area contributed by atoms with Crippen LogP contribution in [0.4, 0.5) is 13.2 Å². The van der Waals surface area contributed by atoms with Crippen LogP contribution in [0.1, 0.15) is 16.8 Å². The van der Waals surface area contributed by atoms with Crippen LogP contribution in [0.2, 0.25) is 0 Å². The molecule has 0 spiro atoms. The summed E-state index contributed by atoms with van der Waals surface area (Å²) in [5, 5.41) is 8.87. The Morgan fingerprint density at radius 2 is 2.12 bits per heavy atom. The van der Waals surface area contributed by atoms with Crippen LogP contribution in [-0.4, -0.2) is 16.5 Å². The molecule has 1 rings (SSSR count). The summed E-state index contributed by atoms with van der Waals surface area (Å²) in [6.07, 6.45) is -4.82. The normalized spacial score (nSPS) is 11.6. The first-order valence-corrected chi connectivity index (χ1v) is 4.43. The molecule has 1 aromatic rings. The van der Waals surface area contributed by atoms with Crippen molar-refractivity contribution in [2.45, 2.75) is 26.4 Å². The average molecular weight is 236 g/mol. The van der Waals surface area contributed by atoms with Crippen molar-refractivity contribution < 1.29 is 23.0 Å². The fourth-order valence-corrected chi connectivity index (χ4v) is 1.19. The molecule has 1 aromatic heterocycles. The Morgan fingerprint density at radius 3 is 2.56 bits per heavy atom. The summed E-state index contributed by atoms with van der Waals surface area (Å²) in [6.45, 7) is 1.05. The molecule has 0 aliphatic heterocycles. The minimum atomic E-state index is -4.82. The second kappa shape index (κ2) is 4.67. The topological polar surface area (TPSA) is 68.4 Å². The minimum absolute atomic E-state index is 0.120. The largest absolute Gasteiger partial charge is 0.574 e. The van der Waals surface area contributed by atoms with Crippen LogP contribution in [0.3, 0.4) is 0 Å². The standard InChI is InChI=1S/C9H11F3N2O2/c1-5-2-6(3-13)8(14-7(5)4-15)16-9(10,11)12/h2,15H,3-4,13H2,1H3. The Balaban J connectivity index is 3.15. The third-order valence-corrected chi connectivity index (χ3v) is 1.94. The predicted molar refractivity (Wildman–Crippen MR) is 49.5 cm³/mol. The number of aryl methyl sites for hydroxylation is 1. The second-order valence-corrected chi connectivity index (χ2v) is 3.13. The minimum Gasteiger partial charge on any atom is -0.390 e. The van der Waals surface area contributed by atoms with Crippen LogP contribution in [0, 0.1) is 6.92 Å². The van der Waals surface area contributed by atoms with E-state index in [-0.39, 0.29) is 17.8 Å². The quantitative estimate of drug-likeness (QED) is 0.828. The molecule has 90 valence electrons. The maximum Gasteiger partial charge on any atom is 0.574 e. The van der Waals surface area contributed by atoms with Crippen molar-refractivity contribution in [2.75, 3.05) is 0 Å². The molecule has 16 heavy (non-hydrogen) atoms. The monoisotopic (exact) mass is 236 g/mol. The lowest BCUT2D eigenvalue weighted by atomic mass is 10.1. The summed E-state index contributed by atoms with van der Waals surface area (Å²) in [5.41, 5.74) is 6.13. The van der Waals surface area contributed by atoms with Gasteiger partial charge >= 0.3 is 6.36 Å². The number of halogens is 3. The van der Waals surface area contributed by atoms with Crippen molar-refractivity contribution >= 4 is 0 Å². The number of ether oxygens (including phenoxy) is 1.